The van der Waals surface area contributed by atoms with Crippen LogP contribution in [0.2, 0.25) is 0 Å². The van der Waals surface area contributed by atoms with Crippen molar-refractivity contribution in [2.75, 3.05) is 13.1 Å². The van der Waals surface area contributed by atoms with Gasteiger partial charge in [-0.15, -0.1) is 0 Å². The first-order valence-electron chi connectivity index (χ1n) is 7.28. The van der Waals surface area contributed by atoms with Gasteiger partial charge >= 0.3 is 0 Å². The average molecular weight is 288 g/mol. The van der Waals surface area contributed by atoms with E-state index >= 15 is 0 Å². The van der Waals surface area contributed by atoms with Crippen molar-refractivity contribution in [3.8, 4) is 0 Å². The number of hydrogen-bond donors (Lipinski definition) is 0. The highest BCUT2D eigenvalue weighted by Gasteiger charge is 2.28. The van der Waals surface area contributed by atoms with Crippen molar-refractivity contribution in [2.45, 2.75) is 32.6 Å². The summed E-state index contributed by atoms with van der Waals surface area (Å²) in [6.45, 7) is 5.10. The highest BCUT2D eigenvalue weighted by atomic mass is 16.5. The van der Waals surface area contributed by atoms with Gasteiger partial charge in [0.2, 0.25) is 0 Å². The molecule has 6 nitrogen and oxygen atoms in total. The summed E-state index contributed by atoms with van der Waals surface area (Å²) in [6, 6.07) is 2.07. The van der Waals surface area contributed by atoms with Crippen LogP contribution < -0.4 is 0 Å². The van der Waals surface area contributed by atoms with E-state index in [0.717, 1.165) is 31.6 Å². The minimum Gasteiger partial charge on any atom is -0.361 e. The molecule has 6 heteroatoms. The molecule has 112 valence electrons. The maximum absolute atomic E-state index is 12.6. The molecule has 0 N–H and O–H groups in total. The minimum absolute atomic E-state index is 0.0331. The quantitative estimate of drug-likeness (QED) is 0.848. The molecule has 3 rings (SSSR count). The molecule has 0 aromatic carbocycles. The fourth-order valence-electron chi connectivity index (χ4n) is 2.98. The second-order valence-electron chi connectivity index (χ2n) is 5.68. The van der Waals surface area contributed by atoms with Gasteiger partial charge in [0.25, 0.3) is 5.91 Å². The standard InChI is InChI=1S/C15H20N4O2/c1-10-14(11(2)21-17-10)15(20)19-8-4-12(5-9-19)13-6-7-18(3)16-13/h6-7,12H,4-5,8-9H2,1-3H3. The smallest absolute Gasteiger partial charge is 0.259 e. The number of rotatable bonds is 2. The first-order valence-corrected chi connectivity index (χ1v) is 7.28. The van der Waals surface area contributed by atoms with Gasteiger partial charge in [-0.3, -0.25) is 9.48 Å². The molecular formula is C15H20N4O2. The Balaban J connectivity index is 1.67. The van der Waals surface area contributed by atoms with Gasteiger partial charge in [0.05, 0.1) is 11.4 Å². The van der Waals surface area contributed by atoms with Crippen LogP contribution in [0.3, 0.4) is 0 Å². The van der Waals surface area contributed by atoms with Crippen molar-refractivity contribution in [3.63, 3.8) is 0 Å². The normalized spacial score (nSPS) is 16.4. The molecule has 1 amide bonds. The molecule has 0 bridgehead atoms. The zero-order chi connectivity index (χ0) is 15.0. The van der Waals surface area contributed by atoms with Crippen LogP contribution in [-0.4, -0.2) is 38.8 Å². The molecule has 0 unspecified atom stereocenters. The predicted octanol–water partition coefficient (Wildman–Crippen LogP) is 2.04. The maximum atomic E-state index is 12.6. The summed E-state index contributed by atoms with van der Waals surface area (Å²) < 4.78 is 6.92. The Labute approximate surface area is 123 Å². The summed E-state index contributed by atoms with van der Waals surface area (Å²) in [5.41, 5.74) is 2.41. The third-order valence-corrected chi connectivity index (χ3v) is 4.18. The molecule has 1 aliphatic heterocycles. The molecule has 2 aromatic rings. The number of aryl methyl sites for hydroxylation is 3. The summed E-state index contributed by atoms with van der Waals surface area (Å²) in [7, 11) is 1.93. The van der Waals surface area contributed by atoms with Crippen molar-refractivity contribution < 1.29 is 9.32 Å². The highest BCUT2D eigenvalue weighted by Crippen LogP contribution is 2.28. The molecule has 21 heavy (non-hydrogen) atoms. The second kappa shape index (κ2) is 5.35. The second-order valence-corrected chi connectivity index (χ2v) is 5.68. The molecule has 0 radical (unpaired) electrons. The Bertz CT molecular complexity index is 631. The number of amides is 1. The van der Waals surface area contributed by atoms with Crippen molar-refractivity contribution in [3.05, 3.63) is 35.0 Å². The van der Waals surface area contributed by atoms with Crippen molar-refractivity contribution in [1.82, 2.24) is 19.8 Å². The number of carbonyl (C=O) groups is 1. The topological polar surface area (TPSA) is 64.2 Å². The van der Waals surface area contributed by atoms with E-state index < -0.39 is 0 Å². The monoisotopic (exact) mass is 288 g/mol. The van der Waals surface area contributed by atoms with Crippen LogP contribution in [-0.2, 0) is 7.05 Å². The van der Waals surface area contributed by atoms with Crippen molar-refractivity contribution >= 4 is 5.91 Å². The van der Waals surface area contributed by atoms with E-state index in [-0.39, 0.29) is 5.91 Å². The number of aromatic nitrogens is 3. The SMILES string of the molecule is Cc1noc(C)c1C(=O)N1CCC(c2ccn(C)n2)CC1. The molecule has 1 saturated heterocycles. The Kier molecular flexibility index (Phi) is 3.53. The summed E-state index contributed by atoms with van der Waals surface area (Å²) in [5, 5.41) is 8.33. The Morgan fingerprint density at radius 3 is 2.57 bits per heavy atom. The van der Waals surface area contributed by atoms with Gasteiger partial charge in [-0.05, 0) is 32.8 Å². The largest absolute Gasteiger partial charge is 0.361 e. The average Bonchev–Trinajstić information content (AvgIpc) is 3.05. The van der Waals surface area contributed by atoms with E-state index in [9.17, 15) is 4.79 Å². The zero-order valence-electron chi connectivity index (χ0n) is 12.7. The van der Waals surface area contributed by atoms with E-state index in [2.05, 4.69) is 16.3 Å². The van der Waals surface area contributed by atoms with Crippen LogP contribution in [0.5, 0.6) is 0 Å². The van der Waals surface area contributed by atoms with E-state index in [0.29, 0.717) is 22.9 Å². The lowest BCUT2D eigenvalue weighted by molar-refractivity contribution is 0.0709. The molecule has 0 spiro atoms. The van der Waals surface area contributed by atoms with Gasteiger partial charge in [0.1, 0.15) is 11.3 Å². The zero-order valence-corrected chi connectivity index (χ0v) is 12.7. The fraction of sp³-hybridized carbons (Fsp3) is 0.533. The predicted molar refractivity (Wildman–Crippen MR) is 77.1 cm³/mol. The number of piperidine rings is 1. The van der Waals surface area contributed by atoms with Crippen LogP contribution in [0.15, 0.2) is 16.8 Å². The third-order valence-electron chi connectivity index (χ3n) is 4.18. The van der Waals surface area contributed by atoms with Crippen LogP contribution in [0.1, 0.15) is 46.3 Å². The summed E-state index contributed by atoms with van der Waals surface area (Å²) >= 11 is 0. The summed E-state index contributed by atoms with van der Waals surface area (Å²) in [4.78, 5) is 14.5. The maximum Gasteiger partial charge on any atom is 0.259 e. The van der Waals surface area contributed by atoms with E-state index in [1.165, 1.54) is 0 Å². The van der Waals surface area contributed by atoms with Crippen molar-refractivity contribution in [1.29, 1.82) is 0 Å². The van der Waals surface area contributed by atoms with Crippen LogP contribution in [0, 0.1) is 13.8 Å². The molecular weight excluding hydrogens is 268 g/mol. The molecule has 0 aliphatic carbocycles. The Hall–Kier alpha value is -2.11. The molecule has 3 heterocycles. The first-order chi connectivity index (χ1) is 10.1. The van der Waals surface area contributed by atoms with E-state index in [1.807, 2.05) is 29.7 Å². The number of nitrogens with zero attached hydrogens (tertiary/aromatic N) is 4. The van der Waals surface area contributed by atoms with Gasteiger partial charge in [-0.2, -0.15) is 5.10 Å². The Morgan fingerprint density at radius 1 is 1.33 bits per heavy atom. The number of hydrogen-bond acceptors (Lipinski definition) is 4. The molecule has 1 aliphatic rings. The number of carbonyl (C=O) groups excluding carboxylic acids is 1. The Morgan fingerprint density at radius 2 is 2.05 bits per heavy atom. The lowest BCUT2D eigenvalue weighted by Crippen LogP contribution is -2.38. The lowest BCUT2D eigenvalue weighted by atomic mass is 9.93. The van der Waals surface area contributed by atoms with Gasteiger partial charge < -0.3 is 9.42 Å². The lowest BCUT2D eigenvalue weighted by Gasteiger charge is -2.31. The van der Waals surface area contributed by atoms with Crippen molar-refractivity contribution in [2.24, 2.45) is 7.05 Å². The third kappa shape index (κ3) is 2.57. The summed E-state index contributed by atoms with van der Waals surface area (Å²) in [5.74, 6) is 1.08. The van der Waals surface area contributed by atoms with Crippen LogP contribution >= 0.6 is 0 Å². The van der Waals surface area contributed by atoms with Crippen LogP contribution in [0.4, 0.5) is 0 Å². The van der Waals surface area contributed by atoms with E-state index in [1.54, 1.807) is 6.92 Å². The highest BCUT2D eigenvalue weighted by molar-refractivity contribution is 5.96. The van der Waals surface area contributed by atoms with Crippen LogP contribution in [0.25, 0.3) is 0 Å². The van der Waals surface area contributed by atoms with Gasteiger partial charge in [-0.25, -0.2) is 0 Å². The first kappa shape index (κ1) is 13.9. The van der Waals surface area contributed by atoms with E-state index in [4.69, 9.17) is 4.52 Å². The molecule has 0 atom stereocenters. The molecule has 1 fully saturated rings. The fourth-order valence-corrected chi connectivity index (χ4v) is 2.98. The van der Waals surface area contributed by atoms with Gasteiger partial charge in [0.15, 0.2) is 0 Å². The molecule has 0 saturated carbocycles. The summed E-state index contributed by atoms with van der Waals surface area (Å²) in [6.07, 6.45) is 3.87. The van der Waals surface area contributed by atoms with Gasteiger partial charge in [0, 0.05) is 32.3 Å². The van der Waals surface area contributed by atoms with Gasteiger partial charge in [-0.1, -0.05) is 5.16 Å². The molecule has 2 aromatic heterocycles. The number of likely N-dealkylation sites (tertiary alicyclic amines) is 1. The minimum atomic E-state index is 0.0331.